The lowest BCUT2D eigenvalue weighted by atomic mass is 9.93. The van der Waals surface area contributed by atoms with Gasteiger partial charge < -0.3 is 19.2 Å². The first-order valence-electron chi connectivity index (χ1n) is 7.19. The van der Waals surface area contributed by atoms with E-state index in [9.17, 15) is 0 Å². The summed E-state index contributed by atoms with van der Waals surface area (Å²) in [5.74, 6) is 2.76. The van der Waals surface area contributed by atoms with E-state index < -0.39 is 0 Å². The molecule has 1 aliphatic carbocycles. The van der Waals surface area contributed by atoms with Gasteiger partial charge in [-0.15, -0.1) is 0 Å². The maximum absolute atomic E-state index is 5.54. The molecule has 1 aliphatic heterocycles. The minimum atomic E-state index is 0.305. The Labute approximate surface area is 131 Å². The zero-order valence-corrected chi connectivity index (χ0v) is 13.1. The first kappa shape index (κ1) is 13.2. The molecule has 0 radical (unpaired) electrons. The Balaban J connectivity index is 1.51. The summed E-state index contributed by atoms with van der Waals surface area (Å²) in [6.07, 6.45) is 5.16. The summed E-state index contributed by atoms with van der Waals surface area (Å²) in [7, 11) is 0. The Morgan fingerprint density at radius 1 is 1.24 bits per heavy atom. The van der Waals surface area contributed by atoms with Gasteiger partial charge in [0, 0.05) is 29.0 Å². The van der Waals surface area contributed by atoms with Gasteiger partial charge in [-0.3, -0.25) is 0 Å². The molecule has 4 nitrogen and oxygen atoms in total. The largest absolute Gasteiger partial charge is 0.469 e. The van der Waals surface area contributed by atoms with Crippen molar-refractivity contribution in [2.75, 3.05) is 6.79 Å². The van der Waals surface area contributed by atoms with E-state index in [4.69, 9.17) is 13.9 Å². The van der Waals surface area contributed by atoms with Gasteiger partial charge >= 0.3 is 0 Å². The molecule has 5 heteroatoms. The highest BCUT2D eigenvalue weighted by Crippen LogP contribution is 2.37. The number of furan rings is 1. The van der Waals surface area contributed by atoms with E-state index in [1.54, 1.807) is 6.26 Å². The van der Waals surface area contributed by atoms with Crippen molar-refractivity contribution in [2.24, 2.45) is 0 Å². The Hall–Kier alpha value is -1.46. The molecule has 4 rings (SSSR count). The van der Waals surface area contributed by atoms with Crippen molar-refractivity contribution < 1.29 is 13.9 Å². The number of ether oxygens (including phenoxy) is 2. The SMILES string of the molecule is Brc1cc2c(cc1CNC1CCCc3occc31)OCO2. The van der Waals surface area contributed by atoms with Crippen LogP contribution in [0.3, 0.4) is 0 Å². The third kappa shape index (κ3) is 2.45. The lowest BCUT2D eigenvalue weighted by molar-refractivity contribution is 0.174. The normalized spacial score (nSPS) is 19.6. The summed E-state index contributed by atoms with van der Waals surface area (Å²) >= 11 is 3.61. The first-order valence-corrected chi connectivity index (χ1v) is 7.98. The van der Waals surface area contributed by atoms with E-state index in [1.165, 1.54) is 17.5 Å². The van der Waals surface area contributed by atoms with Crippen LogP contribution in [0.5, 0.6) is 11.5 Å². The molecule has 0 saturated heterocycles. The lowest BCUT2D eigenvalue weighted by Gasteiger charge is -2.23. The quantitative estimate of drug-likeness (QED) is 0.911. The van der Waals surface area contributed by atoms with Crippen LogP contribution in [0.15, 0.2) is 33.4 Å². The van der Waals surface area contributed by atoms with Crippen LogP contribution in [0.2, 0.25) is 0 Å². The van der Waals surface area contributed by atoms with Crippen molar-refractivity contribution in [3.05, 3.63) is 45.8 Å². The highest BCUT2D eigenvalue weighted by Gasteiger charge is 2.23. The fraction of sp³-hybridized carbons (Fsp3) is 0.375. The molecule has 2 aliphatic rings. The maximum atomic E-state index is 5.54. The third-order valence-electron chi connectivity index (χ3n) is 4.13. The van der Waals surface area contributed by atoms with E-state index in [1.807, 2.05) is 12.1 Å². The van der Waals surface area contributed by atoms with Gasteiger partial charge in [0.1, 0.15) is 5.76 Å². The molecule has 0 bridgehead atoms. The number of aryl methyl sites for hydroxylation is 1. The monoisotopic (exact) mass is 349 g/mol. The van der Waals surface area contributed by atoms with Crippen LogP contribution in [-0.2, 0) is 13.0 Å². The van der Waals surface area contributed by atoms with E-state index in [0.717, 1.165) is 41.1 Å². The standard InChI is InChI=1S/C16H16BrNO3/c17-12-7-16-15(20-9-21-16)6-10(12)8-18-13-2-1-3-14-11(13)4-5-19-14/h4-7,13,18H,1-3,8-9H2. The van der Waals surface area contributed by atoms with Crippen molar-refractivity contribution in [2.45, 2.75) is 31.8 Å². The Kier molecular flexibility index (Phi) is 3.39. The van der Waals surface area contributed by atoms with E-state index >= 15 is 0 Å². The van der Waals surface area contributed by atoms with Crippen LogP contribution in [0.25, 0.3) is 0 Å². The van der Waals surface area contributed by atoms with Crippen molar-refractivity contribution in [3.63, 3.8) is 0 Å². The number of fused-ring (bicyclic) bond motifs is 2. The van der Waals surface area contributed by atoms with Gasteiger partial charge in [0.05, 0.1) is 6.26 Å². The minimum Gasteiger partial charge on any atom is -0.469 e. The van der Waals surface area contributed by atoms with Crippen molar-refractivity contribution in [1.29, 1.82) is 0 Å². The van der Waals surface area contributed by atoms with E-state index in [0.29, 0.717) is 12.8 Å². The van der Waals surface area contributed by atoms with Crippen molar-refractivity contribution >= 4 is 15.9 Å². The van der Waals surface area contributed by atoms with Gasteiger partial charge in [0.2, 0.25) is 6.79 Å². The summed E-state index contributed by atoms with van der Waals surface area (Å²) in [5, 5.41) is 3.63. The highest BCUT2D eigenvalue weighted by atomic mass is 79.9. The number of halogens is 1. The average Bonchev–Trinajstić information content (AvgIpc) is 3.12. The van der Waals surface area contributed by atoms with Gasteiger partial charge in [-0.05, 0) is 36.6 Å². The molecule has 1 unspecified atom stereocenters. The molecule has 1 atom stereocenters. The highest BCUT2D eigenvalue weighted by molar-refractivity contribution is 9.10. The fourth-order valence-corrected chi connectivity index (χ4v) is 3.49. The molecule has 110 valence electrons. The van der Waals surface area contributed by atoms with Gasteiger partial charge in [-0.2, -0.15) is 0 Å². The molecular weight excluding hydrogens is 334 g/mol. The smallest absolute Gasteiger partial charge is 0.231 e. The van der Waals surface area contributed by atoms with Crippen molar-refractivity contribution in [3.8, 4) is 11.5 Å². The molecule has 2 heterocycles. The number of hydrogen-bond donors (Lipinski definition) is 1. The summed E-state index contributed by atoms with van der Waals surface area (Å²) in [5.41, 5.74) is 2.48. The summed E-state index contributed by atoms with van der Waals surface area (Å²) in [6, 6.07) is 6.47. The Morgan fingerprint density at radius 3 is 3.00 bits per heavy atom. The molecule has 0 amide bonds. The number of rotatable bonds is 3. The fourth-order valence-electron chi connectivity index (χ4n) is 3.03. The molecule has 1 aromatic heterocycles. The van der Waals surface area contributed by atoms with Crippen LogP contribution < -0.4 is 14.8 Å². The maximum Gasteiger partial charge on any atom is 0.231 e. The predicted molar refractivity (Wildman–Crippen MR) is 81.5 cm³/mol. The van der Waals surface area contributed by atoms with Crippen LogP contribution in [0.4, 0.5) is 0 Å². The van der Waals surface area contributed by atoms with Gasteiger partial charge in [-0.25, -0.2) is 0 Å². The predicted octanol–water partition coefficient (Wildman–Crippen LogP) is 3.94. The van der Waals surface area contributed by atoms with Crippen molar-refractivity contribution in [1.82, 2.24) is 5.32 Å². The molecule has 0 fully saturated rings. The van der Waals surface area contributed by atoms with Crippen LogP contribution in [-0.4, -0.2) is 6.79 Å². The molecule has 0 spiro atoms. The molecular formula is C16H16BrNO3. The number of hydrogen-bond acceptors (Lipinski definition) is 4. The van der Waals surface area contributed by atoms with Crippen LogP contribution in [0.1, 0.15) is 35.8 Å². The Morgan fingerprint density at radius 2 is 2.10 bits per heavy atom. The zero-order valence-electron chi connectivity index (χ0n) is 11.5. The molecule has 2 aromatic rings. The molecule has 0 saturated carbocycles. The third-order valence-corrected chi connectivity index (χ3v) is 4.87. The lowest BCUT2D eigenvalue weighted by Crippen LogP contribution is -2.24. The summed E-state index contributed by atoms with van der Waals surface area (Å²) in [4.78, 5) is 0. The zero-order chi connectivity index (χ0) is 14.2. The van der Waals surface area contributed by atoms with Gasteiger partial charge in [0.15, 0.2) is 11.5 Å². The molecule has 21 heavy (non-hydrogen) atoms. The topological polar surface area (TPSA) is 43.6 Å². The molecule has 1 N–H and O–H groups in total. The number of benzene rings is 1. The first-order chi connectivity index (χ1) is 10.3. The van der Waals surface area contributed by atoms with Crippen LogP contribution in [0, 0.1) is 0 Å². The summed E-state index contributed by atoms with van der Waals surface area (Å²) < 4.78 is 17.4. The summed E-state index contributed by atoms with van der Waals surface area (Å²) in [6.45, 7) is 1.09. The average molecular weight is 350 g/mol. The van der Waals surface area contributed by atoms with Gasteiger partial charge in [0.25, 0.3) is 0 Å². The second kappa shape index (κ2) is 5.39. The Bertz CT molecular complexity index is 668. The van der Waals surface area contributed by atoms with Gasteiger partial charge in [-0.1, -0.05) is 15.9 Å². The van der Waals surface area contributed by atoms with Crippen LogP contribution >= 0.6 is 15.9 Å². The minimum absolute atomic E-state index is 0.305. The second-order valence-electron chi connectivity index (χ2n) is 5.42. The van der Waals surface area contributed by atoms with E-state index in [2.05, 4.69) is 27.3 Å². The molecule has 1 aromatic carbocycles. The number of nitrogens with one attached hydrogen (secondary N) is 1. The van der Waals surface area contributed by atoms with E-state index in [-0.39, 0.29) is 0 Å². The second-order valence-corrected chi connectivity index (χ2v) is 6.28.